The molecule has 1 aliphatic heterocycles. The number of benzene rings is 1. The van der Waals surface area contributed by atoms with Crippen molar-refractivity contribution in [3.63, 3.8) is 0 Å². The van der Waals surface area contributed by atoms with Gasteiger partial charge in [-0.2, -0.15) is 0 Å². The van der Waals surface area contributed by atoms with Gasteiger partial charge in [0, 0.05) is 30.7 Å². The zero-order valence-electron chi connectivity index (χ0n) is 13.3. The van der Waals surface area contributed by atoms with E-state index in [1.807, 2.05) is 12.1 Å². The standard InChI is InChI=1S/C17H24ClN3O2/c18-14-10-13(4-5-15(14)21-8-2-1-3-9-21)20-16(23)19-11-17(12-22)6-7-17/h4-5,10,22H,1-3,6-9,11-12H2,(H2,19,20,23). The number of nitrogens with one attached hydrogen (secondary N) is 2. The summed E-state index contributed by atoms with van der Waals surface area (Å²) in [6.45, 7) is 2.71. The fourth-order valence-electron chi connectivity index (χ4n) is 2.99. The predicted octanol–water partition coefficient (Wildman–Crippen LogP) is 3.22. The first kappa shape index (κ1) is 16.4. The highest BCUT2D eigenvalue weighted by atomic mass is 35.5. The smallest absolute Gasteiger partial charge is 0.319 e. The molecule has 1 saturated carbocycles. The van der Waals surface area contributed by atoms with E-state index in [0.717, 1.165) is 31.6 Å². The molecule has 3 N–H and O–H groups in total. The Bertz CT molecular complexity index is 569. The quantitative estimate of drug-likeness (QED) is 0.773. The van der Waals surface area contributed by atoms with E-state index < -0.39 is 0 Å². The van der Waals surface area contributed by atoms with Gasteiger partial charge in [-0.15, -0.1) is 0 Å². The number of aliphatic hydroxyl groups is 1. The van der Waals surface area contributed by atoms with Gasteiger partial charge in [-0.3, -0.25) is 0 Å². The van der Waals surface area contributed by atoms with E-state index >= 15 is 0 Å². The van der Waals surface area contributed by atoms with Crippen LogP contribution in [0.5, 0.6) is 0 Å². The molecule has 1 heterocycles. The van der Waals surface area contributed by atoms with Crippen LogP contribution in [0.2, 0.25) is 5.02 Å². The highest BCUT2D eigenvalue weighted by Gasteiger charge is 2.42. The van der Waals surface area contributed by atoms with Crippen molar-refractivity contribution in [2.24, 2.45) is 5.41 Å². The summed E-state index contributed by atoms with van der Waals surface area (Å²) in [5.74, 6) is 0. The van der Waals surface area contributed by atoms with Gasteiger partial charge in [0.1, 0.15) is 0 Å². The third-order valence-electron chi connectivity index (χ3n) is 4.82. The average Bonchev–Trinajstić information content (AvgIpc) is 3.35. The minimum atomic E-state index is -0.258. The van der Waals surface area contributed by atoms with Crippen molar-refractivity contribution < 1.29 is 9.90 Å². The average molecular weight is 338 g/mol. The van der Waals surface area contributed by atoms with E-state index in [2.05, 4.69) is 15.5 Å². The maximum absolute atomic E-state index is 11.9. The molecule has 3 rings (SSSR count). The van der Waals surface area contributed by atoms with Gasteiger partial charge in [-0.05, 0) is 50.3 Å². The lowest BCUT2D eigenvalue weighted by Crippen LogP contribution is -2.35. The van der Waals surface area contributed by atoms with Crippen molar-refractivity contribution >= 4 is 29.0 Å². The van der Waals surface area contributed by atoms with Gasteiger partial charge < -0.3 is 20.6 Å². The topological polar surface area (TPSA) is 64.6 Å². The first-order chi connectivity index (χ1) is 11.1. The van der Waals surface area contributed by atoms with Crippen molar-refractivity contribution in [1.29, 1.82) is 0 Å². The molecule has 0 radical (unpaired) electrons. The summed E-state index contributed by atoms with van der Waals surface area (Å²) >= 11 is 6.38. The fraction of sp³-hybridized carbons (Fsp3) is 0.588. The van der Waals surface area contributed by atoms with Crippen LogP contribution in [-0.4, -0.2) is 37.4 Å². The Morgan fingerprint density at radius 2 is 2.00 bits per heavy atom. The highest BCUT2D eigenvalue weighted by molar-refractivity contribution is 6.33. The molecule has 2 aliphatic rings. The zero-order valence-corrected chi connectivity index (χ0v) is 14.0. The second-order valence-corrected chi connectivity index (χ2v) is 7.09. The maximum Gasteiger partial charge on any atom is 0.319 e. The molecule has 0 spiro atoms. The molecule has 1 aromatic carbocycles. The number of carbonyl (C=O) groups excluding carboxylic acids is 1. The number of halogens is 1. The van der Waals surface area contributed by atoms with Crippen molar-refractivity contribution in [1.82, 2.24) is 5.32 Å². The Morgan fingerprint density at radius 1 is 1.26 bits per heavy atom. The highest BCUT2D eigenvalue weighted by Crippen LogP contribution is 2.44. The second kappa shape index (κ2) is 6.97. The van der Waals surface area contributed by atoms with Gasteiger partial charge in [0.15, 0.2) is 0 Å². The van der Waals surface area contributed by atoms with E-state index in [9.17, 15) is 9.90 Å². The summed E-state index contributed by atoms with van der Waals surface area (Å²) in [5, 5.41) is 15.5. The molecule has 0 aromatic heterocycles. The minimum Gasteiger partial charge on any atom is -0.396 e. The molecule has 0 unspecified atom stereocenters. The third kappa shape index (κ3) is 4.09. The number of hydrogen-bond donors (Lipinski definition) is 3. The van der Waals surface area contributed by atoms with Crippen LogP contribution in [0.1, 0.15) is 32.1 Å². The van der Waals surface area contributed by atoms with Gasteiger partial charge >= 0.3 is 6.03 Å². The molecule has 2 fully saturated rings. The van der Waals surface area contributed by atoms with Crippen LogP contribution in [0.3, 0.4) is 0 Å². The fourth-order valence-corrected chi connectivity index (χ4v) is 3.29. The van der Waals surface area contributed by atoms with Crippen LogP contribution in [0, 0.1) is 5.41 Å². The van der Waals surface area contributed by atoms with E-state index in [1.165, 1.54) is 19.3 Å². The van der Waals surface area contributed by atoms with E-state index in [-0.39, 0.29) is 18.1 Å². The number of hydrogen-bond acceptors (Lipinski definition) is 3. The van der Waals surface area contributed by atoms with Gasteiger partial charge in [-0.25, -0.2) is 4.79 Å². The number of rotatable bonds is 5. The Morgan fingerprint density at radius 3 is 2.61 bits per heavy atom. The Labute approximate surface area is 142 Å². The summed E-state index contributed by atoms with van der Waals surface area (Å²) in [6.07, 6.45) is 5.63. The molecule has 23 heavy (non-hydrogen) atoms. The van der Waals surface area contributed by atoms with Crippen LogP contribution < -0.4 is 15.5 Å². The normalized spacial score (nSPS) is 19.3. The summed E-state index contributed by atoms with van der Waals surface area (Å²) in [5.41, 5.74) is 1.63. The predicted molar refractivity (Wildman–Crippen MR) is 93.3 cm³/mol. The number of piperidine rings is 1. The number of carbonyl (C=O) groups is 1. The molecule has 1 aromatic rings. The van der Waals surface area contributed by atoms with Gasteiger partial charge in [0.05, 0.1) is 17.3 Å². The van der Waals surface area contributed by atoms with Crippen LogP contribution in [0.4, 0.5) is 16.2 Å². The van der Waals surface area contributed by atoms with Crippen molar-refractivity contribution in [2.75, 3.05) is 36.5 Å². The molecule has 126 valence electrons. The SMILES string of the molecule is O=C(NCC1(CO)CC1)Nc1ccc(N2CCCCC2)c(Cl)c1. The molecule has 1 saturated heterocycles. The van der Waals surface area contributed by atoms with Crippen molar-refractivity contribution in [3.8, 4) is 0 Å². The number of amides is 2. The molecular formula is C17H24ClN3O2. The maximum atomic E-state index is 11.9. The number of nitrogens with zero attached hydrogens (tertiary/aromatic N) is 1. The first-order valence-electron chi connectivity index (χ1n) is 8.32. The monoisotopic (exact) mass is 337 g/mol. The summed E-state index contributed by atoms with van der Waals surface area (Å²) in [7, 11) is 0. The van der Waals surface area contributed by atoms with E-state index in [1.54, 1.807) is 6.07 Å². The second-order valence-electron chi connectivity index (χ2n) is 6.68. The first-order valence-corrected chi connectivity index (χ1v) is 8.70. The zero-order chi connectivity index (χ0) is 16.3. The van der Waals surface area contributed by atoms with Crippen LogP contribution in [0.25, 0.3) is 0 Å². The van der Waals surface area contributed by atoms with Gasteiger partial charge in [0.25, 0.3) is 0 Å². The number of urea groups is 1. The summed E-state index contributed by atoms with van der Waals surface area (Å²) < 4.78 is 0. The lowest BCUT2D eigenvalue weighted by Gasteiger charge is -2.29. The molecular weight excluding hydrogens is 314 g/mol. The summed E-state index contributed by atoms with van der Waals surface area (Å²) in [6, 6.07) is 5.39. The van der Waals surface area contributed by atoms with E-state index in [4.69, 9.17) is 11.6 Å². The minimum absolute atomic E-state index is 0.0902. The number of anilines is 2. The van der Waals surface area contributed by atoms with Crippen LogP contribution >= 0.6 is 11.6 Å². The van der Waals surface area contributed by atoms with Gasteiger partial charge in [-0.1, -0.05) is 11.6 Å². The van der Waals surface area contributed by atoms with Crippen molar-refractivity contribution in [3.05, 3.63) is 23.2 Å². The third-order valence-corrected chi connectivity index (χ3v) is 5.12. The molecule has 2 amide bonds. The molecule has 6 heteroatoms. The van der Waals surface area contributed by atoms with Crippen LogP contribution in [0.15, 0.2) is 18.2 Å². The molecule has 5 nitrogen and oxygen atoms in total. The Balaban J connectivity index is 1.55. The van der Waals surface area contributed by atoms with Crippen LogP contribution in [-0.2, 0) is 0 Å². The lowest BCUT2D eigenvalue weighted by molar-refractivity contribution is 0.206. The Kier molecular flexibility index (Phi) is 4.97. The summed E-state index contributed by atoms with van der Waals surface area (Å²) in [4.78, 5) is 14.2. The number of aliphatic hydroxyl groups excluding tert-OH is 1. The lowest BCUT2D eigenvalue weighted by atomic mass is 10.1. The largest absolute Gasteiger partial charge is 0.396 e. The van der Waals surface area contributed by atoms with Gasteiger partial charge in [0.2, 0.25) is 0 Å². The Hall–Kier alpha value is -1.46. The molecule has 1 aliphatic carbocycles. The molecule has 0 atom stereocenters. The van der Waals surface area contributed by atoms with E-state index in [0.29, 0.717) is 17.3 Å². The van der Waals surface area contributed by atoms with Crippen molar-refractivity contribution in [2.45, 2.75) is 32.1 Å². The molecule has 0 bridgehead atoms.